The minimum Gasteiger partial charge on any atom is -0.481 e. The molecule has 0 bridgehead atoms. The van der Waals surface area contributed by atoms with Gasteiger partial charge in [0.25, 0.3) is 5.69 Å². The number of carboxylic acids is 1. The van der Waals surface area contributed by atoms with Crippen molar-refractivity contribution in [1.82, 2.24) is 0 Å². The Balaban J connectivity index is 2.96. The highest BCUT2D eigenvalue weighted by Crippen LogP contribution is 2.25. The Labute approximate surface area is 92.9 Å². The quantitative estimate of drug-likeness (QED) is 0.628. The molecular weight excluding hydrogens is 210 g/mol. The molecule has 0 heterocycles. The van der Waals surface area contributed by atoms with E-state index in [0.717, 1.165) is 5.56 Å². The Bertz CT molecular complexity index is 428. The normalized spacial score (nSPS) is 12.1. The lowest BCUT2D eigenvalue weighted by molar-refractivity contribution is -0.385. The highest BCUT2D eigenvalue weighted by Gasteiger charge is 2.14. The molecule has 0 saturated heterocycles. The zero-order chi connectivity index (χ0) is 12.3. The zero-order valence-electron chi connectivity index (χ0n) is 9.14. The Morgan fingerprint density at radius 2 is 2.19 bits per heavy atom. The van der Waals surface area contributed by atoms with Gasteiger partial charge in [-0.25, -0.2) is 0 Å². The first kappa shape index (κ1) is 12.2. The Morgan fingerprint density at radius 3 is 2.62 bits per heavy atom. The SMILES string of the molecule is Cc1cc(C(C)CC(=O)O)ccc1[N+](=O)[O-]. The molecule has 1 rings (SSSR count). The van der Waals surface area contributed by atoms with Crippen molar-refractivity contribution in [3.8, 4) is 0 Å². The van der Waals surface area contributed by atoms with E-state index >= 15 is 0 Å². The number of nitro groups is 1. The van der Waals surface area contributed by atoms with Crippen molar-refractivity contribution in [2.75, 3.05) is 0 Å². The van der Waals surface area contributed by atoms with Gasteiger partial charge in [-0.05, 0) is 24.5 Å². The fourth-order valence-electron chi connectivity index (χ4n) is 1.57. The molecule has 16 heavy (non-hydrogen) atoms. The fraction of sp³-hybridized carbons (Fsp3) is 0.364. The van der Waals surface area contributed by atoms with Gasteiger partial charge in [0.15, 0.2) is 0 Å². The maximum Gasteiger partial charge on any atom is 0.303 e. The van der Waals surface area contributed by atoms with Crippen LogP contribution in [-0.2, 0) is 4.79 Å². The van der Waals surface area contributed by atoms with Crippen molar-refractivity contribution in [3.63, 3.8) is 0 Å². The number of rotatable bonds is 4. The van der Waals surface area contributed by atoms with Crippen LogP contribution in [0.2, 0.25) is 0 Å². The maximum absolute atomic E-state index is 10.6. The topological polar surface area (TPSA) is 80.4 Å². The third-order valence-electron chi connectivity index (χ3n) is 2.47. The van der Waals surface area contributed by atoms with E-state index in [2.05, 4.69) is 0 Å². The molecule has 0 amide bonds. The van der Waals surface area contributed by atoms with E-state index in [9.17, 15) is 14.9 Å². The standard InChI is InChI=1S/C11H13NO4/c1-7(6-11(13)14)9-3-4-10(12(15)16)8(2)5-9/h3-5,7H,6H2,1-2H3,(H,13,14). The van der Waals surface area contributed by atoms with Gasteiger partial charge in [0.2, 0.25) is 0 Å². The summed E-state index contributed by atoms with van der Waals surface area (Å²) in [5.74, 6) is -1.01. The van der Waals surface area contributed by atoms with E-state index in [-0.39, 0.29) is 18.0 Å². The summed E-state index contributed by atoms with van der Waals surface area (Å²) in [6.07, 6.45) is 0.0251. The monoisotopic (exact) mass is 223 g/mol. The largest absolute Gasteiger partial charge is 0.481 e. The Morgan fingerprint density at radius 1 is 1.56 bits per heavy atom. The molecule has 1 aromatic rings. The van der Waals surface area contributed by atoms with E-state index in [1.807, 2.05) is 0 Å². The van der Waals surface area contributed by atoms with E-state index in [1.54, 1.807) is 26.0 Å². The van der Waals surface area contributed by atoms with E-state index in [0.29, 0.717) is 5.56 Å². The first-order valence-electron chi connectivity index (χ1n) is 4.88. The summed E-state index contributed by atoms with van der Waals surface area (Å²) in [6, 6.07) is 4.70. The minimum absolute atomic E-state index is 0.0251. The van der Waals surface area contributed by atoms with Gasteiger partial charge in [0.1, 0.15) is 0 Å². The second-order valence-corrected chi connectivity index (χ2v) is 3.80. The molecule has 1 aromatic carbocycles. The van der Waals surface area contributed by atoms with Crippen LogP contribution in [0.1, 0.15) is 30.4 Å². The minimum atomic E-state index is -0.872. The molecule has 86 valence electrons. The smallest absolute Gasteiger partial charge is 0.303 e. The molecule has 0 aliphatic carbocycles. The summed E-state index contributed by atoms with van der Waals surface area (Å²) in [7, 11) is 0. The predicted molar refractivity (Wildman–Crippen MR) is 58.5 cm³/mol. The van der Waals surface area contributed by atoms with Crippen LogP contribution < -0.4 is 0 Å². The summed E-state index contributed by atoms with van der Waals surface area (Å²) in [6.45, 7) is 3.43. The molecule has 5 nitrogen and oxygen atoms in total. The van der Waals surface area contributed by atoms with E-state index in [1.165, 1.54) is 6.07 Å². The summed E-state index contributed by atoms with van der Waals surface area (Å²) < 4.78 is 0. The fourth-order valence-corrected chi connectivity index (χ4v) is 1.57. The number of hydrogen-bond donors (Lipinski definition) is 1. The van der Waals surface area contributed by atoms with Crippen molar-refractivity contribution >= 4 is 11.7 Å². The van der Waals surface area contributed by atoms with Gasteiger partial charge in [-0.3, -0.25) is 14.9 Å². The van der Waals surface area contributed by atoms with Crippen LogP contribution in [0.15, 0.2) is 18.2 Å². The van der Waals surface area contributed by atoms with Gasteiger partial charge >= 0.3 is 5.97 Å². The molecule has 0 spiro atoms. The van der Waals surface area contributed by atoms with Gasteiger partial charge in [-0.2, -0.15) is 0 Å². The molecule has 0 saturated carbocycles. The Hall–Kier alpha value is -1.91. The summed E-state index contributed by atoms with van der Waals surface area (Å²) in [5.41, 5.74) is 1.43. The Kier molecular flexibility index (Phi) is 3.60. The van der Waals surface area contributed by atoms with Crippen LogP contribution in [0.4, 0.5) is 5.69 Å². The summed E-state index contributed by atoms with van der Waals surface area (Å²) in [5, 5.41) is 19.2. The summed E-state index contributed by atoms with van der Waals surface area (Å²) >= 11 is 0. The number of aliphatic carboxylic acids is 1. The number of benzene rings is 1. The van der Waals surface area contributed by atoms with Crippen molar-refractivity contribution in [2.45, 2.75) is 26.2 Å². The third-order valence-corrected chi connectivity index (χ3v) is 2.47. The lowest BCUT2D eigenvalue weighted by Crippen LogP contribution is -2.03. The van der Waals surface area contributed by atoms with E-state index < -0.39 is 10.9 Å². The lowest BCUT2D eigenvalue weighted by atomic mass is 9.96. The van der Waals surface area contributed by atoms with Gasteiger partial charge in [0.05, 0.1) is 11.3 Å². The second kappa shape index (κ2) is 4.74. The van der Waals surface area contributed by atoms with Crippen LogP contribution in [0.3, 0.4) is 0 Å². The van der Waals surface area contributed by atoms with Crippen molar-refractivity contribution in [1.29, 1.82) is 0 Å². The van der Waals surface area contributed by atoms with Gasteiger partial charge in [-0.15, -0.1) is 0 Å². The van der Waals surface area contributed by atoms with Crippen LogP contribution in [0, 0.1) is 17.0 Å². The number of nitrogens with zero attached hydrogens (tertiary/aromatic N) is 1. The van der Waals surface area contributed by atoms with Crippen LogP contribution in [-0.4, -0.2) is 16.0 Å². The van der Waals surface area contributed by atoms with Gasteiger partial charge < -0.3 is 5.11 Å². The van der Waals surface area contributed by atoms with Crippen LogP contribution >= 0.6 is 0 Å². The number of carbonyl (C=O) groups is 1. The van der Waals surface area contributed by atoms with Gasteiger partial charge in [-0.1, -0.05) is 13.0 Å². The molecule has 5 heteroatoms. The summed E-state index contributed by atoms with van der Waals surface area (Å²) in [4.78, 5) is 20.7. The zero-order valence-corrected chi connectivity index (χ0v) is 9.14. The van der Waals surface area contributed by atoms with E-state index in [4.69, 9.17) is 5.11 Å². The molecule has 0 aliphatic heterocycles. The van der Waals surface area contributed by atoms with Crippen molar-refractivity contribution < 1.29 is 14.8 Å². The highest BCUT2D eigenvalue weighted by molar-refractivity contribution is 5.68. The molecule has 1 unspecified atom stereocenters. The van der Waals surface area contributed by atoms with Crippen molar-refractivity contribution in [3.05, 3.63) is 39.4 Å². The number of aryl methyl sites for hydroxylation is 1. The molecule has 0 fully saturated rings. The van der Waals surface area contributed by atoms with Crippen LogP contribution in [0.5, 0.6) is 0 Å². The molecular formula is C11H13NO4. The average molecular weight is 223 g/mol. The van der Waals surface area contributed by atoms with Crippen LogP contribution in [0.25, 0.3) is 0 Å². The molecule has 0 aromatic heterocycles. The highest BCUT2D eigenvalue weighted by atomic mass is 16.6. The average Bonchev–Trinajstić information content (AvgIpc) is 2.15. The number of hydrogen-bond acceptors (Lipinski definition) is 3. The molecule has 1 N–H and O–H groups in total. The second-order valence-electron chi connectivity index (χ2n) is 3.80. The predicted octanol–water partition coefficient (Wildman–Crippen LogP) is 2.48. The van der Waals surface area contributed by atoms with Gasteiger partial charge in [0, 0.05) is 11.6 Å². The maximum atomic E-state index is 10.6. The molecule has 0 aliphatic rings. The lowest BCUT2D eigenvalue weighted by Gasteiger charge is -2.09. The third kappa shape index (κ3) is 2.79. The van der Waals surface area contributed by atoms with Crippen molar-refractivity contribution in [2.24, 2.45) is 0 Å². The number of nitro benzene ring substituents is 1. The first-order chi connectivity index (χ1) is 7.41. The number of carboxylic acid groups (broad SMARTS) is 1. The molecule has 0 radical (unpaired) electrons. The first-order valence-corrected chi connectivity index (χ1v) is 4.88. The molecule has 1 atom stereocenters.